The molecule has 1 aromatic carbocycles. The molecule has 0 spiro atoms. The van der Waals surface area contributed by atoms with E-state index in [9.17, 15) is 4.79 Å². The fourth-order valence-electron chi connectivity index (χ4n) is 2.40. The molecule has 0 amide bonds. The molecule has 0 radical (unpaired) electrons. The van der Waals surface area contributed by atoms with E-state index in [2.05, 4.69) is 0 Å². The van der Waals surface area contributed by atoms with E-state index in [1.165, 1.54) is 0 Å². The summed E-state index contributed by atoms with van der Waals surface area (Å²) in [5, 5.41) is 9.59. The number of carboxylic acid groups (broad SMARTS) is 1. The van der Waals surface area contributed by atoms with Gasteiger partial charge in [-0.1, -0.05) is 17.7 Å². The normalized spacial score (nSPS) is 16.4. The van der Waals surface area contributed by atoms with Crippen LogP contribution in [0.25, 0.3) is 0 Å². The van der Waals surface area contributed by atoms with Crippen LogP contribution in [0.1, 0.15) is 36.3 Å². The van der Waals surface area contributed by atoms with Crippen LogP contribution in [0.2, 0.25) is 5.02 Å². The van der Waals surface area contributed by atoms with Crippen LogP contribution in [0.15, 0.2) is 12.1 Å². The summed E-state index contributed by atoms with van der Waals surface area (Å²) >= 11 is 6.31. The SMILES string of the molecule is COc1cc(C)cc(C(CC(=O)O)C2CC2)c1Cl. The Bertz CT molecular complexity index is 466. The van der Waals surface area contributed by atoms with Crippen molar-refractivity contribution in [2.45, 2.75) is 32.1 Å². The van der Waals surface area contributed by atoms with Gasteiger partial charge in [0.2, 0.25) is 0 Å². The molecule has 1 N–H and O–H groups in total. The lowest BCUT2D eigenvalue weighted by molar-refractivity contribution is -0.137. The summed E-state index contributed by atoms with van der Waals surface area (Å²) in [5.74, 6) is 0.306. The molecule has 0 bridgehead atoms. The molecule has 0 saturated heterocycles. The lowest BCUT2D eigenvalue weighted by Gasteiger charge is -2.18. The van der Waals surface area contributed by atoms with Gasteiger partial charge >= 0.3 is 5.97 Å². The summed E-state index contributed by atoms with van der Waals surface area (Å²) in [5.41, 5.74) is 1.96. The molecule has 3 nitrogen and oxygen atoms in total. The Kier molecular flexibility index (Phi) is 3.81. The first-order chi connectivity index (χ1) is 8.52. The van der Waals surface area contributed by atoms with Crippen LogP contribution in [-0.4, -0.2) is 18.2 Å². The summed E-state index contributed by atoms with van der Waals surface area (Å²) in [6, 6.07) is 3.85. The molecule has 1 aliphatic carbocycles. The van der Waals surface area contributed by atoms with Gasteiger partial charge in [0.25, 0.3) is 0 Å². The molecule has 1 fully saturated rings. The monoisotopic (exact) mass is 268 g/mol. The topological polar surface area (TPSA) is 46.5 Å². The first-order valence-electron chi connectivity index (χ1n) is 6.08. The van der Waals surface area contributed by atoms with Crippen LogP contribution in [0, 0.1) is 12.8 Å². The highest BCUT2D eigenvalue weighted by atomic mass is 35.5. The zero-order valence-corrected chi connectivity index (χ0v) is 11.3. The average Bonchev–Trinajstić information content (AvgIpc) is 3.12. The van der Waals surface area contributed by atoms with Crippen molar-refractivity contribution >= 4 is 17.6 Å². The van der Waals surface area contributed by atoms with Crippen molar-refractivity contribution in [1.29, 1.82) is 0 Å². The van der Waals surface area contributed by atoms with Crippen LogP contribution >= 0.6 is 11.6 Å². The second kappa shape index (κ2) is 5.19. The molecule has 98 valence electrons. The Balaban J connectivity index is 2.40. The fourth-order valence-corrected chi connectivity index (χ4v) is 2.72. The lowest BCUT2D eigenvalue weighted by atomic mass is 9.90. The quantitative estimate of drug-likeness (QED) is 0.887. The molecule has 1 saturated carbocycles. The van der Waals surface area contributed by atoms with E-state index in [1.807, 2.05) is 19.1 Å². The van der Waals surface area contributed by atoms with Crippen LogP contribution < -0.4 is 4.74 Å². The molecule has 18 heavy (non-hydrogen) atoms. The molecule has 1 unspecified atom stereocenters. The molecule has 0 aliphatic heterocycles. The van der Waals surface area contributed by atoms with E-state index in [0.717, 1.165) is 24.0 Å². The average molecular weight is 269 g/mol. The lowest BCUT2D eigenvalue weighted by Crippen LogP contribution is -2.09. The molecular weight excluding hydrogens is 252 g/mol. The van der Waals surface area contributed by atoms with Crippen LogP contribution in [-0.2, 0) is 4.79 Å². The van der Waals surface area contributed by atoms with E-state index < -0.39 is 5.97 Å². The Morgan fingerprint density at radius 3 is 2.72 bits per heavy atom. The minimum atomic E-state index is -0.775. The van der Waals surface area contributed by atoms with Gasteiger partial charge in [-0.3, -0.25) is 4.79 Å². The number of methoxy groups -OCH3 is 1. The minimum Gasteiger partial charge on any atom is -0.495 e. The molecular formula is C14H17ClO3. The highest BCUT2D eigenvalue weighted by molar-refractivity contribution is 6.33. The van der Waals surface area contributed by atoms with Gasteiger partial charge in [-0.15, -0.1) is 0 Å². The third kappa shape index (κ3) is 2.78. The summed E-state index contributed by atoms with van der Waals surface area (Å²) in [7, 11) is 1.58. The summed E-state index contributed by atoms with van der Waals surface area (Å²) in [6.07, 6.45) is 2.31. The number of ether oxygens (including phenoxy) is 1. The number of aryl methyl sites for hydroxylation is 1. The molecule has 1 atom stereocenters. The van der Waals surface area contributed by atoms with Gasteiger partial charge in [-0.25, -0.2) is 0 Å². The van der Waals surface area contributed by atoms with E-state index in [4.69, 9.17) is 21.4 Å². The molecule has 0 aromatic heterocycles. The van der Waals surface area contributed by atoms with Crippen molar-refractivity contribution in [2.75, 3.05) is 7.11 Å². The number of hydrogen-bond donors (Lipinski definition) is 1. The van der Waals surface area contributed by atoms with Crippen molar-refractivity contribution in [3.63, 3.8) is 0 Å². The zero-order chi connectivity index (χ0) is 13.3. The number of hydrogen-bond acceptors (Lipinski definition) is 2. The number of halogens is 1. The number of rotatable bonds is 5. The Morgan fingerprint density at radius 1 is 1.56 bits per heavy atom. The van der Waals surface area contributed by atoms with Gasteiger partial charge in [0.05, 0.1) is 18.6 Å². The van der Waals surface area contributed by atoms with Gasteiger partial charge < -0.3 is 9.84 Å². The summed E-state index contributed by atoms with van der Waals surface area (Å²) in [6.45, 7) is 1.97. The second-order valence-corrected chi connectivity index (χ2v) is 5.29. The molecule has 1 aromatic rings. The van der Waals surface area contributed by atoms with E-state index in [0.29, 0.717) is 16.7 Å². The van der Waals surface area contributed by atoms with Crippen LogP contribution in [0.3, 0.4) is 0 Å². The summed E-state index contributed by atoms with van der Waals surface area (Å²) in [4.78, 5) is 11.0. The van der Waals surface area contributed by atoms with Crippen molar-refractivity contribution in [3.8, 4) is 5.75 Å². The van der Waals surface area contributed by atoms with Gasteiger partial charge in [0.15, 0.2) is 0 Å². The smallest absolute Gasteiger partial charge is 0.303 e. The molecule has 0 heterocycles. The maximum absolute atomic E-state index is 11.0. The molecule has 2 rings (SSSR count). The van der Waals surface area contributed by atoms with E-state index in [1.54, 1.807) is 7.11 Å². The number of carbonyl (C=O) groups is 1. The van der Waals surface area contributed by atoms with E-state index >= 15 is 0 Å². The highest BCUT2D eigenvalue weighted by Crippen LogP contribution is 2.48. The third-order valence-electron chi connectivity index (χ3n) is 3.42. The van der Waals surface area contributed by atoms with Gasteiger partial charge in [-0.05, 0) is 48.8 Å². The Hall–Kier alpha value is -1.22. The maximum Gasteiger partial charge on any atom is 0.303 e. The molecule has 4 heteroatoms. The van der Waals surface area contributed by atoms with Crippen LogP contribution in [0.4, 0.5) is 0 Å². The first-order valence-corrected chi connectivity index (χ1v) is 6.46. The van der Waals surface area contributed by atoms with Crippen molar-refractivity contribution in [2.24, 2.45) is 5.92 Å². The van der Waals surface area contributed by atoms with Gasteiger partial charge in [0, 0.05) is 0 Å². The first kappa shape index (κ1) is 13.2. The van der Waals surface area contributed by atoms with Gasteiger partial charge in [-0.2, -0.15) is 0 Å². The van der Waals surface area contributed by atoms with E-state index in [-0.39, 0.29) is 12.3 Å². The third-order valence-corrected chi connectivity index (χ3v) is 3.82. The maximum atomic E-state index is 11.0. The fraction of sp³-hybridized carbons (Fsp3) is 0.500. The molecule has 1 aliphatic rings. The Morgan fingerprint density at radius 2 is 2.22 bits per heavy atom. The Labute approximate surface area is 112 Å². The zero-order valence-electron chi connectivity index (χ0n) is 10.6. The van der Waals surface area contributed by atoms with Crippen molar-refractivity contribution in [3.05, 3.63) is 28.3 Å². The summed E-state index contributed by atoms with van der Waals surface area (Å²) < 4.78 is 5.24. The predicted octanol–water partition coefficient (Wildman–Crippen LogP) is 3.63. The minimum absolute atomic E-state index is 0.00352. The van der Waals surface area contributed by atoms with Crippen molar-refractivity contribution < 1.29 is 14.6 Å². The van der Waals surface area contributed by atoms with Crippen molar-refractivity contribution in [1.82, 2.24) is 0 Å². The number of aliphatic carboxylic acids is 1. The standard InChI is InChI=1S/C14H17ClO3/c1-8-5-11(14(15)12(6-8)18-2)10(7-13(16)17)9-3-4-9/h5-6,9-10H,3-4,7H2,1-2H3,(H,16,17). The predicted molar refractivity (Wildman–Crippen MR) is 70.5 cm³/mol. The number of benzene rings is 1. The number of carboxylic acids is 1. The second-order valence-electron chi connectivity index (χ2n) is 4.91. The van der Waals surface area contributed by atoms with Gasteiger partial charge in [0.1, 0.15) is 5.75 Å². The van der Waals surface area contributed by atoms with Crippen LogP contribution in [0.5, 0.6) is 5.75 Å². The largest absolute Gasteiger partial charge is 0.495 e. The highest BCUT2D eigenvalue weighted by Gasteiger charge is 2.35.